The van der Waals surface area contributed by atoms with Gasteiger partial charge in [-0.2, -0.15) is 4.98 Å². The highest BCUT2D eigenvalue weighted by Gasteiger charge is 2.12. The van der Waals surface area contributed by atoms with Crippen LogP contribution < -0.4 is 4.90 Å². The lowest BCUT2D eigenvalue weighted by molar-refractivity contribution is 0.378. The van der Waals surface area contributed by atoms with E-state index >= 15 is 0 Å². The Morgan fingerprint density at radius 2 is 1.85 bits per heavy atom. The van der Waals surface area contributed by atoms with E-state index in [-0.39, 0.29) is 0 Å². The number of nitrogens with zero attached hydrogens (tertiary/aromatic N) is 6. The van der Waals surface area contributed by atoms with Gasteiger partial charge in [0, 0.05) is 25.6 Å². The first-order valence-electron chi connectivity index (χ1n) is 6.05. The number of hydrogen-bond donors (Lipinski definition) is 0. The molecular weight excluding hydrogens is 256 g/mol. The number of pyridine rings is 1. The van der Waals surface area contributed by atoms with Gasteiger partial charge < -0.3 is 9.42 Å². The average molecular weight is 268 g/mol. The molecule has 0 aliphatic heterocycles. The fourth-order valence-electron chi connectivity index (χ4n) is 1.68. The van der Waals surface area contributed by atoms with Gasteiger partial charge in [-0.05, 0) is 18.2 Å². The monoisotopic (exact) mass is 268 g/mol. The van der Waals surface area contributed by atoms with Gasteiger partial charge in [0.25, 0.3) is 0 Å². The Labute approximate surface area is 115 Å². The highest BCUT2D eigenvalue weighted by atomic mass is 16.5. The Hall–Kier alpha value is -2.83. The van der Waals surface area contributed by atoms with Crippen LogP contribution in [0, 0.1) is 0 Å². The summed E-state index contributed by atoms with van der Waals surface area (Å²) in [5.41, 5.74) is 0.682. The van der Waals surface area contributed by atoms with Crippen molar-refractivity contribution in [3.05, 3.63) is 48.7 Å². The van der Waals surface area contributed by atoms with Gasteiger partial charge in [0.05, 0.1) is 6.54 Å². The van der Waals surface area contributed by atoms with Gasteiger partial charge in [-0.3, -0.25) is 4.98 Å². The van der Waals surface area contributed by atoms with E-state index in [1.807, 2.05) is 30.1 Å². The number of anilines is 1. The van der Waals surface area contributed by atoms with Crippen molar-refractivity contribution in [1.29, 1.82) is 0 Å². The molecule has 0 N–H and O–H groups in total. The van der Waals surface area contributed by atoms with Gasteiger partial charge in [0.15, 0.2) is 0 Å². The molecule has 0 unspecified atom stereocenters. The summed E-state index contributed by atoms with van der Waals surface area (Å²) in [5.74, 6) is 1.56. The highest BCUT2D eigenvalue weighted by Crippen LogP contribution is 2.13. The van der Waals surface area contributed by atoms with Gasteiger partial charge in [-0.1, -0.05) is 11.2 Å². The summed E-state index contributed by atoms with van der Waals surface area (Å²) in [7, 11) is 1.86. The van der Waals surface area contributed by atoms with E-state index in [9.17, 15) is 0 Å². The molecule has 3 heterocycles. The largest absolute Gasteiger partial charge is 0.337 e. The van der Waals surface area contributed by atoms with Crippen LogP contribution in [0.5, 0.6) is 0 Å². The van der Waals surface area contributed by atoms with Crippen LogP contribution in [0.3, 0.4) is 0 Å². The molecule has 0 aliphatic rings. The maximum Gasteiger partial charge on any atom is 0.246 e. The van der Waals surface area contributed by atoms with E-state index in [2.05, 4.69) is 25.1 Å². The van der Waals surface area contributed by atoms with Crippen LogP contribution >= 0.6 is 0 Å². The average Bonchev–Trinajstić information content (AvgIpc) is 2.97. The highest BCUT2D eigenvalue weighted by molar-refractivity contribution is 5.47. The lowest BCUT2D eigenvalue weighted by atomic mass is 10.3. The van der Waals surface area contributed by atoms with Crippen LogP contribution in [0.4, 0.5) is 5.95 Å². The molecule has 0 saturated heterocycles. The molecule has 0 amide bonds. The summed E-state index contributed by atoms with van der Waals surface area (Å²) in [6, 6.07) is 7.31. The second-order valence-corrected chi connectivity index (χ2v) is 4.13. The minimum Gasteiger partial charge on any atom is -0.337 e. The van der Waals surface area contributed by atoms with E-state index in [0.29, 0.717) is 29.9 Å². The molecule has 3 rings (SSSR count). The summed E-state index contributed by atoms with van der Waals surface area (Å²) in [5, 5.41) is 3.92. The molecule has 0 radical (unpaired) electrons. The molecule has 0 bridgehead atoms. The molecule has 0 saturated carbocycles. The van der Waals surface area contributed by atoms with E-state index in [1.165, 1.54) is 0 Å². The molecule has 3 aromatic rings. The molecule has 20 heavy (non-hydrogen) atoms. The Bertz CT molecular complexity index is 670. The van der Waals surface area contributed by atoms with Crippen LogP contribution in [0.1, 0.15) is 5.89 Å². The zero-order valence-electron chi connectivity index (χ0n) is 10.8. The first-order valence-corrected chi connectivity index (χ1v) is 6.05. The summed E-state index contributed by atoms with van der Waals surface area (Å²) in [6.07, 6.45) is 5.06. The Balaban J connectivity index is 1.75. The summed E-state index contributed by atoms with van der Waals surface area (Å²) >= 11 is 0. The van der Waals surface area contributed by atoms with Crippen molar-refractivity contribution >= 4 is 5.95 Å². The minimum atomic E-state index is 0.434. The molecule has 0 aromatic carbocycles. The normalized spacial score (nSPS) is 10.4. The zero-order valence-corrected chi connectivity index (χ0v) is 10.8. The number of rotatable bonds is 4. The quantitative estimate of drug-likeness (QED) is 0.710. The fraction of sp³-hybridized carbons (Fsp3) is 0.154. The van der Waals surface area contributed by atoms with E-state index in [1.54, 1.807) is 24.7 Å². The molecule has 7 nitrogen and oxygen atoms in total. The maximum atomic E-state index is 5.21. The van der Waals surface area contributed by atoms with Crippen molar-refractivity contribution in [3.63, 3.8) is 0 Å². The Morgan fingerprint density at radius 1 is 1.05 bits per heavy atom. The summed E-state index contributed by atoms with van der Waals surface area (Å²) in [4.78, 5) is 18.6. The molecule has 0 atom stereocenters. The van der Waals surface area contributed by atoms with Crippen molar-refractivity contribution < 1.29 is 4.52 Å². The molecule has 0 spiro atoms. The van der Waals surface area contributed by atoms with Gasteiger partial charge in [0.2, 0.25) is 17.7 Å². The van der Waals surface area contributed by atoms with Crippen LogP contribution in [0.15, 0.2) is 47.4 Å². The molecule has 100 valence electrons. The van der Waals surface area contributed by atoms with Crippen LogP contribution in [-0.2, 0) is 6.54 Å². The first-order chi connectivity index (χ1) is 9.83. The second kappa shape index (κ2) is 5.43. The lowest BCUT2D eigenvalue weighted by Gasteiger charge is -2.13. The van der Waals surface area contributed by atoms with E-state index < -0.39 is 0 Å². The Kier molecular flexibility index (Phi) is 3.32. The van der Waals surface area contributed by atoms with E-state index in [0.717, 1.165) is 0 Å². The third kappa shape index (κ3) is 2.61. The van der Waals surface area contributed by atoms with Crippen molar-refractivity contribution in [2.75, 3.05) is 11.9 Å². The molecule has 0 fully saturated rings. The van der Waals surface area contributed by atoms with Crippen molar-refractivity contribution in [1.82, 2.24) is 25.1 Å². The summed E-state index contributed by atoms with van der Waals surface area (Å²) in [6.45, 7) is 0.434. The van der Waals surface area contributed by atoms with Gasteiger partial charge in [-0.25, -0.2) is 9.97 Å². The topological polar surface area (TPSA) is 80.8 Å². The van der Waals surface area contributed by atoms with Crippen LogP contribution in [-0.4, -0.2) is 32.1 Å². The first kappa shape index (κ1) is 12.2. The molecule has 7 heteroatoms. The van der Waals surface area contributed by atoms with Gasteiger partial charge >= 0.3 is 0 Å². The Morgan fingerprint density at radius 3 is 2.60 bits per heavy atom. The summed E-state index contributed by atoms with van der Waals surface area (Å²) < 4.78 is 5.21. The number of hydrogen-bond acceptors (Lipinski definition) is 7. The fourth-order valence-corrected chi connectivity index (χ4v) is 1.68. The van der Waals surface area contributed by atoms with Crippen molar-refractivity contribution in [2.45, 2.75) is 6.54 Å². The van der Waals surface area contributed by atoms with Gasteiger partial charge in [0.1, 0.15) is 5.69 Å². The van der Waals surface area contributed by atoms with Gasteiger partial charge in [-0.15, -0.1) is 0 Å². The molecular formula is C13H12N6O. The lowest BCUT2D eigenvalue weighted by Crippen LogP contribution is -2.18. The standard InChI is InChI=1S/C13H12N6O/c1-19(13-15-7-4-8-16-13)9-11-17-12(18-20-11)10-5-2-3-6-14-10/h2-8H,9H2,1H3. The van der Waals surface area contributed by atoms with Crippen molar-refractivity contribution in [3.8, 4) is 11.5 Å². The zero-order chi connectivity index (χ0) is 13.8. The molecule has 0 aliphatic carbocycles. The predicted octanol–water partition coefficient (Wildman–Crippen LogP) is 1.56. The minimum absolute atomic E-state index is 0.434. The third-order valence-electron chi connectivity index (χ3n) is 2.63. The molecule has 3 aromatic heterocycles. The van der Waals surface area contributed by atoms with Crippen molar-refractivity contribution in [2.24, 2.45) is 0 Å². The predicted molar refractivity (Wildman–Crippen MR) is 71.7 cm³/mol. The van der Waals surface area contributed by atoms with Crippen LogP contribution in [0.25, 0.3) is 11.5 Å². The van der Waals surface area contributed by atoms with E-state index in [4.69, 9.17) is 4.52 Å². The van der Waals surface area contributed by atoms with Crippen LogP contribution in [0.2, 0.25) is 0 Å². The smallest absolute Gasteiger partial charge is 0.246 e. The maximum absolute atomic E-state index is 5.21. The third-order valence-corrected chi connectivity index (χ3v) is 2.63. The second-order valence-electron chi connectivity index (χ2n) is 4.13. The number of aromatic nitrogens is 5. The SMILES string of the molecule is CN(Cc1nc(-c2ccccn2)no1)c1ncccn1.